The number of rotatable bonds is 4. The molecule has 0 aliphatic heterocycles. The average Bonchev–Trinajstić information content (AvgIpc) is 2.97. The third-order valence-electron chi connectivity index (χ3n) is 3.19. The summed E-state index contributed by atoms with van der Waals surface area (Å²) >= 11 is 3.28. The molecule has 2 aromatic rings. The van der Waals surface area contributed by atoms with Crippen LogP contribution < -0.4 is 10.6 Å². The summed E-state index contributed by atoms with van der Waals surface area (Å²) < 4.78 is 32.7. The van der Waals surface area contributed by atoms with Crippen molar-refractivity contribution in [3.8, 4) is 0 Å². The number of hydrogen-bond acceptors (Lipinski definition) is 5. The Kier molecular flexibility index (Phi) is 5.27. The van der Waals surface area contributed by atoms with E-state index in [9.17, 15) is 8.42 Å². The van der Waals surface area contributed by atoms with Crippen molar-refractivity contribution >= 4 is 44.0 Å². The first kappa shape index (κ1) is 17.3. The normalized spacial score (nSPS) is 14.3. The van der Waals surface area contributed by atoms with Gasteiger partial charge in [0.1, 0.15) is 12.0 Å². The molecule has 2 rings (SSSR count). The third kappa shape index (κ3) is 3.32. The number of hydrogen-bond donors (Lipinski definition) is 1. The average molecular weight is 399 g/mol. The van der Waals surface area contributed by atoms with Gasteiger partial charge in [-0.2, -0.15) is 0 Å². The lowest BCUT2D eigenvalue weighted by Gasteiger charge is -2.07. The standard InChI is InChI=1S/C15H15BrN2O4S/c1-3-14-13(15(22-2)10-17-19)8-9-18(14)23(20,21)12-6-4-11(16)5-7-12/h3-10,19H,1-2H3/b14-3+,15-13+,17-10+. The Hall–Kier alpha value is -2.06. The van der Waals surface area contributed by atoms with Gasteiger partial charge in [0.2, 0.25) is 0 Å². The highest BCUT2D eigenvalue weighted by Crippen LogP contribution is 2.16. The fraction of sp³-hybridized carbons (Fsp3) is 0.133. The predicted molar refractivity (Wildman–Crippen MR) is 91.2 cm³/mol. The molecule has 0 unspecified atom stereocenters. The molecule has 1 heterocycles. The van der Waals surface area contributed by atoms with E-state index in [2.05, 4.69) is 21.1 Å². The van der Waals surface area contributed by atoms with Crippen LogP contribution in [0.25, 0.3) is 11.8 Å². The summed E-state index contributed by atoms with van der Waals surface area (Å²) in [6.45, 7) is 1.72. The Morgan fingerprint density at radius 2 is 1.96 bits per heavy atom. The van der Waals surface area contributed by atoms with Crippen LogP contribution in [0, 0.1) is 0 Å². The van der Waals surface area contributed by atoms with Crippen LogP contribution >= 0.6 is 15.9 Å². The van der Waals surface area contributed by atoms with E-state index in [1.54, 1.807) is 31.2 Å². The van der Waals surface area contributed by atoms with E-state index in [1.807, 2.05) is 0 Å². The summed E-state index contributed by atoms with van der Waals surface area (Å²) in [7, 11) is -2.33. The number of methoxy groups -OCH3 is 1. The summed E-state index contributed by atoms with van der Waals surface area (Å²) in [6.07, 6.45) is 4.20. The SMILES string of the molecule is C\C=c1/c(=C(\C=N\O)OC)ccn1S(=O)(=O)c1ccc(Br)cc1. The van der Waals surface area contributed by atoms with Crippen LogP contribution in [-0.2, 0) is 14.8 Å². The van der Waals surface area contributed by atoms with Crippen LogP contribution in [-0.4, -0.2) is 30.9 Å². The van der Waals surface area contributed by atoms with Gasteiger partial charge in [0, 0.05) is 15.9 Å². The number of aromatic nitrogens is 1. The molecule has 0 radical (unpaired) electrons. The quantitative estimate of drug-likeness (QED) is 0.480. The molecular formula is C15H15BrN2O4S. The van der Waals surface area contributed by atoms with Crippen molar-refractivity contribution in [2.75, 3.05) is 7.11 Å². The maximum atomic E-state index is 12.8. The molecule has 0 aliphatic rings. The zero-order valence-corrected chi connectivity index (χ0v) is 14.9. The molecule has 8 heteroatoms. The molecule has 1 N–H and O–H groups in total. The van der Waals surface area contributed by atoms with Crippen LogP contribution in [0.2, 0.25) is 0 Å². The van der Waals surface area contributed by atoms with Crippen molar-refractivity contribution in [1.29, 1.82) is 0 Å². The molecule has 0 amide bonds. The lowest BCUT2D eigenvalue weighted by atomic mass is 10.3. The lowest BCUT2D eigenvalue weighted by Crippen LogP contribution is -2.34. The number of nitrogens with zero attached hydrogens (tertiary/aromatic N) is 2. The van der Waals surface area contributed by atoms with E-state index in [0.29, 0.717) is 10.6 Å². The van der Waals surface area contributed by atoms with Gasteiger partial charge in [-0.05, 0) is 37.3 Å². The molecule has 6 nitrogen and oxygen atoms in total. The molecule has 0 spiro atoms. The van der Waals surface area contributed by atoms with Gasteiger partial charge in [0.15, 0.2) is 0 Å². The first-order chi connectivity index (χ1) is 11.0. The van der Waals surface area contributed by atoms with Crippen LogP contribution in [0.3, 0.4) is 0 Å². The maximum absolute atomic E-state index is 12.8. The Bertz CT molecular complexity index is 944. The summed E-state index contributed by atoms with van der Waals surface area (Å²) in [5.41, 5.74) is 0. The predicted octanol–water partition coefficient (Wildman–Crippen LogP) is 1.50. The van der Waals surface area contributed by atoms with E-state index in [-0.39, 0.29) is 10.7 Å². The van der Waals surface area contributed by atoms with Gasteiger partial charge in [-0.3, -0.25) is 0 Å². The minimum atomic E-state index is -3.75. The number of halogens is 1. The molecule has 0 saturated heterocycles. The molecule has 0 saturated carbocycles. The smallest absolute Gasteiger partial charge is 0.268 e. The monoisotopic (exact) mass is 398 g/mol. The van der Waals surface area contributed by atoms with Crippen molar-refractivity contribution in [3.63, 3.8) is 0 Å². The van der Waals surface area contributed by atoms with Gasteiger partial charge < -0.3 is 9.94 Å². The highest BCUT2D eigenvalue weighted by Gasteiger charge is 2.18. The van der Waals surface area contributed by atoms with Crippen molar-refractivity contribution in [2.24, 2.45) is 5.16 Å². The molecule has 1 aromatic heterocycles. The second-order valence-corrected chi connectivity index (χ2v) is 7.20. The van der Waals surface area contributed by atoms with Crippen molar-refractivity contribution in [1.82, 2.24) is 3.97 Å². The molecule has 0 bridgehead atoms. The molecule has 0 fully saturated rings. The minimum absolute atomic E-state index is 0.167. The van der Waals surface area contributed by atoms with Crippen molar-refractivity contribution in [2.45, 2.75) is 11.8 Å². The Morgan fingerprint density at radius 1 is 1.30 bits per heavy atom. The molecule has 0 aliphatic carbocycles. The number of oxime groups is 1. The first-order valence-electron chi connectivity index (χ1n) is 6.56. The van der Waals surface area contributed by atoms with E-state index in [0.717, 1.165) is 14.7 Å². The van der Waals surface area contributed by atoms with Crippen molar-refractivity contribution < 1.29 is 18.4 Å². The summed E-state index contributed by atoms with van der Waals surface area (Å²) in [6, 6.07) is 7.96. The molecule has 122 valence electrons. The van der Waals surface area contributed by atoms with Gasteiger partial charge in [0.05, 0.1) is 17.4 Å². The van der Waals surface area contributed by atoms with Crippen molar-refractivity contribution in [3.05, 3.63) is 51.6 Å². The van der Waals surface area contributed by atoms with Gasteiger partial charge >= 0.3 is 0 Å². The van der Waals surface area contributed by atoms with Crippen LogP contribution in [0.1, 0.15) is 6.92 Å². The Morgan fingerprint density at radius 3 is 2.48 bits per heavy atom. The summed E-state index contributed by atoms with van der Waals surface area (Å²) in [4.78, 5) is 0.167. The first-order valence-corrected chi connectivity index (χ1v) is 8.79. The molecular weight excluding hydrogens is 384 g/mol. The second kappa shape index (κ2) is 7.01. The van der Waals surface area contributed by atoms with E-state index in [4.69, 9.17) is 9.94 Å². The summed E-state index contributed by atoms with van der Waals surface area (Å²) in [5.74, 6) is 0.255. The molecule has 0 atom stereocenters. The van der Waals surface area contributed by atoms with E-state index in [1.165, 1.54) is 25.4 Å². The van der Waals surface area contributed by atoms with Gasteiger partial charge in [-0.25, -0.2) is 12.4 Å². The third-order valence-corrected chi connectivity index (χ3v) is 5.43. The zero-order valence-electron chi connectivity index (χ0n) is 12.5. The molecule has 23 heavy (non-hydrogen) atoms. The summed E-state index contributed by atoms with van der Waals surface area (Å²) in [5, 5.41) is 12.6. The highest BCUT2D eigenvalue weighted by atomic mass is 79.9. The van der Waals surface area contributed by atoms with Crippen LogP contribution in [0.15, 0.2) is 51.1 Å². The van der Waals surface area contributed by atoms with Crippen LogP contribution in [0.5, 0.6) is 0 Å². The van der Waals surface area contributed by atoms with E-state index < -0.39 is 10.0 Å². The minimum Gasteiger partial charge on any atom is -0.494 e. The number of benzene rings is 1. The van der Waals surface area contributed by atoms with Gasteiger partial charge in [0.25, 0.3) is 10.0 Å². The molecule has 1 aromatic carbocycles. The Balaban J connectivity index is 2.76. The zero-order chi connectivity index (χ0) is 17.0. The fourth-order valence-corrected chi connectivity index (χ4v) is 3.79. The van der Waals surface area contributed by atoms with Gasteiger partial charge in [-0.15, -0.1) is 0 Å². The van der Waals surface area contributed by atoms with Gasteiger partial charge in [-0.1, -0.05) is 27.2 Å². The largest absolute Gasteiger partial charge is 0.494 e. The van der Waals surface area contributed by atoms with E-state index >= 15 is 0 Å². The maximum Gasteiger partial charge on any atom is 0.268 e. The fourth-order valence-electron chi connectivity index (χ4n) is 2.13. The lowest BCUT2D eigenvalue weighted by molar-refractivity contribution is 0.318. The second-order valence-electron chi connectivity index (χ2n) is 4.47. The topological polar surface area (TPSA) is 80.9 Å². The number of ether oxygens (including phenoxy) is 1. The highest BCUT2D eigenvalue weighted by molar-refractivity contribution is 9.10. The Labute approximate surface area is 142 Å². The van der Waals surface area contributed by atoms with Crippen LogP contribution in [0.4, 0.5) is 0 Å².